The van der Waals surface area contributed by atoms with Crippen LogP contribution >= 0.6 is 0 Å². The van der Waals surface area contributed by atoms with Gasteiger partial charge in [-0.2, -0.15) is 4.98 Å². The third-order valence-electron chi connectivity index (χ3n) is 3.83. The summed E-state index contributed by atoms with van der Waals surface area (Å²) < 4.78 is 12.6. The smallest absolute Gasteiger partial charge is 0.280 e. The maximum atomic E-state index is 5.45. The molecule has 1 N–H and O–H groups in total. The van der Waals surface area contributed by atoms with E-state index < -0.39 is 0 Å². The first kappa shape index (κ1) is 12.0. The summed E-state index contributed by atoms with van der Waals surface area (Å²) in [5.74, 6) is 1.37. The SMILES string of the molecule is c1c(-c2nc(C3CCCOC3)no2)nnn1C1CNC1. The summed E-state index contributed by atoms with van der Waals surface area (Å²) in [5.41, 5.74) is 0.632. The van der Waals surface area contributed by atoms with E-state index >= 15 is 0 Å². The summed E-state index contributed by atoms with van der Waals surface area (Å²) in [4.78, 5) is 4.43. The Morgan fingerprint density at radius 1 is 1.35 bits per heavy atom. The first-order valence-electron chi connectivity index (χ1n) is 6.94. The standard InChI is InChI=1S/C12H16N6O2/c1-2-8(7-19-3-1)11-14-12(20-16-11)10-6-18(17-15-10)9-4-13-5-9/h6,8-9,13H,1-5,7H2. The van der Waals surface area contributed by atoms with E-state index in [-0.39, 0.29) is 5.92 Å². The van der Waals surface area contributed by atoms with Gasteiger partial charge in [0.25, 0.3) is 5.89 Å². The van der Waals surface area contributed by atoms with E-state index in [9.17, 15) is 0 Å². The molecule has 20 heavy (non-hydrogen) atoms. The lowest BCUT2D eigenvalue weighted by atomic mass is 10.0. The third kappa shape index (κ3) is 2.10. The van der Waals surface area contributed by atoms with Crippen molar-refractivity contribution in [1.82, 2.24) is 30.5 Å². The number of hydrogen-bond acceptors (Lipinski definition) is 7. The first-order valence-corrected chi connectivity index (χ1v) is 6.94. The molecule has 1 unspecified atom stereocenters. The minimum atomic E-state index is 0.229. The molecule has 0 radical (unpaired) electrons. The van der Waals surface area contributed by atoms with Crippen molar-refractivity contribution in [2.75, 3.05) is 26.3 Å². The second-order valence-corrected chi connectivity index (χ2v) is 5.27. The molecule has 4 heterocycles. The topological polar surface area (TPSA) is 90.9 Å². The van der Waals surface area contributed by atoms with Gasteiger partial charge in [-0.05, 0) is 12.8 Å². The minimum Gasteiger partial charge on any atom is -0.381 e. The van der Waals surface area contributed by atoms with Crippen molar-refractivity contribution in [2.24, 2.45) is 0 Å². The van der Waals surface area contributed by atoms with Crippen LogP contribution < -0.4 is 5.32 Å². The maximum absolute atomic E-state index is 5.45. The molecule has 2 aliphatic heterocycles. The van der Waals surface area contributed by atoms with Gasteiger partial charge in [0, 0.05) is 25.6 Å². The van der Waals surface area contributed by atoms with E-state index in [0.29, 0.717) is 30.1 Å². The predicted octanol–water partition coefficient (Wildman–Crippen LogP) is 0.366. The lowest BCUT2D eigenvalue weighted by Crippen LogP contribution is -2.43. The van der Waals surface area contributed by atoms with Crippen molar-refractivity contribution >= 4 is 0 Å². The van der Waals surface area contributed by atoms with Crippen molar-refractivity contribution in [3.8, 4) is 11.6 Å². The highest BCUT2D eigenvalue weighted by atomic mass is 16.5. The van der Waals surface area contributed by atoms with Gasteiger partial charge < -0.3 is 14.6 Å². The van der Waals surface area contributed by atoms with Crippen LogP contribution in [0, 0.1) is 0 Å². The molecule has 8 nitrogen and oxygen atoms in total. The molecule has 1 atom stereocenters. The molecule has 0 saturated carbocycles. The molecule has 8 heteroatoms. The summed E-state index contributed by atoms with van der Waals surface area (Å²) in [7, 11) is 0. The van der Waals surface area contributed by atoms with E-state index in [1.54, 1.807) is 0 Å². The average Bonchev–Trinajstić information content (AvgIpc) is 3.06. The highest BCUT2D eigenvalue weighted by Gasteiger charge is 2.24. The van der Waals surface area contributed by atoms with Gasteiger partial charge in [0.1, 0.15) is 0 Å². The van der Waals surface area contributed by atoms with Crippen LogP contribution in [0.3, 0.4) is 0 Å². The quantitative estimate of drug-likeness (QED) is 0.865. The molecule has 4 rings (SSSR count). The van der Waals surface area contributed by atoms with E-state index in [2.05, 4.69) is 25.8 Å². The normalized spacial score (nSPS) is 23.7. The van der Waals surface area contributed by atoms with Crippen LogP contribution in [-0.2, 0) is 4.74 Å². The number of nitrogens with zero attached hydrogens (tertiary/aromatic N) is 5. The van der Waals surface area contributed by atoms with Crippen molar-refractivity contribution in [2.45, 2.75) is 24.8 Å². The molecule has 2 fully saturated rings. The van der Waals surface area contributed by atoms with Crippen LogP contribution in [0.5, 0.6) is 0 Å². The average molecular weight is 276 g/mol. The molecule has 0 bridgehead atoms. The Bertz CT molecular complexity index is 584. The Kier molecular flexibility index (Phi) is 2.96. The minimum absolute atomic E-state index is 0.229. The lowest BCUT2D eigenvalue weighted by Gasteiger charge is -2.26. The highest BCUT2D eigenvalue weighted by Crippen LogP contribution is 2.25. The maximum Gasteiger partial charge on any atom is 0.280 e. The number of nitrogens with one attached hydrogen (secondary N) is 1. The summed E-state index contributed by atoms with van der Waals surface area (Å²) in [6.07, 6.45) is 3.94. The van der Waals surface area contributed by atoms with Crippen LogP contribution in [0.25, 0.3) is 11.6 Å². The van der Waals surface area contributed by atoms with Crippen molar-refractivity contribution in [3.05, 3.63) is 12.0 Å². The molecule has 0 spiro atoms. The molecule has 106 valence electrons. The van der Waals surface area contributed by atoms with Crippen molar-refractivity contribution < 1.29 is 9.26 Å². The van der Waals surface area contributed by atoms with Gasteiger partial charge in [0.2, 0.25) is 0 Å². The Morgan fingerprint density at radius 2 is 2.30 bits per heavy atom. The number of ether oxygens (including phenoxy) is 1. The fourth-order valence-corrected chi connectivity index (χ4v) is 2.46. The van der Waals surface area contributed by atoms with Gasteiger partial charge in [-0.3, -0.25) is 0 Å². The third-order valence-corrected chi connectivity index (χ3v) is 3.83. The molecule has 2 aromatic heterocycles. The van der Waals surface area contributed by atoms with Crippen LogP contribution in [0.1, 0.15) is 30.6 Å². The van der Waals surface area contributed by atoms with Crippen LogP contribution in [0.4, 0.5) is 0 Å². The summed E-state index contributed by atoms with van der Waals surface area (Å²) in [5, 5.41) is 15.5. The van der Waals surface area contributed by atoms with Crippen molar-refractivity contribution in [3.63, 3.8) is 0 Å². The van der Waals surface area contributed by atoms with Gasteiger partial charge in [-0.25, -0.2) is 4.68 Å². The second kappa shape index (κ2) is 4.95. The van der Waals surface area contributed by atoms with E-state index in [1.807, 2.05) is 10.9 Å². The largest absolute Gasteiger partial charge is 0.381 e. The van der Waals surface area contributed by atoms with E-state index in [4.69, 9.17) is 9.26 Å². The van der Waals surface area contributed by atoms with E-state index in [0.717, 1.165) is 32.5 Å². The first-order chi connectivity index (χ1) is 9.90. The van der Waals surface area contributed by atoms with Crippen LogP contribution in [-0.4, -0.2) is 51.4 Å². The predicted molar refractivity (Wildman–Crippen MR) is 68.0 cm³/mol. The Morgan fingerprint density at radius 3 is 3.05 bits per heavy atom. The zero-order chi connectivity index (χ0) is 13.4. The Labute approximate surface area is 115 Å². The molecule has 2 aliphatic rings. The van der Waals surface area contributed by atoms with Gasteiger partial charge in [-0.15, -0.1) is 5.10 Å². The molecule has 2 saturated heterocycles. The van der Waals surface area contributed by atoms with Crippen LogP contribution in [0.2, 0.25) is 0 Å². The summed E-state index contributed by atoms with van der Waals surface area (Å²) in [6, 6.07) is 0.380. The van der Waals surface area contributed by atoms with Gasteiger partial charge >= 0.3 is 0 Å². The van der Waals surface area contributed by atoms with Gasteiger partial charge in [0.05, 0.1) is 18.8 Å². The van der Waals surface area contributed by atoms with E-state index in [1.165, 1.54) is 0 Å². The monoisotopic (exact) mass is 276 g/mol. The fraction of sp³-hybridized carbons (Fsp3) is 0.667. The van der Waals surface area contributed by atoms with Crippen LogP contribution in [0.15, 0.2) is 10.7 Å². The molecule has 0 aliphatic carbocycles. The molecule has 2 aromatic rings. The Balaban J connectivity index is 1.53. The summed E-state index contributed by atoms with van der Waals surface area (Å²) >= 11 is 0. The highest BCUT2D eigenvalue weighted by molar-refractivity contribution is 5.43. The molecular weight excluding hydrogens is 260 g/mol. The Hall–Kier alpha value is -1.80. The number of rotatable bonds is 3. The molecule has 0 aromatic carbocycles. The second-order valence-electron chi connectivity index (χ2n) is 5.27. The summed E-state index contributed by atoms with van der Waals surface area (Å²) in [6.45, 7) is 3.35. The lowest BCUT2D eigenvalue weighted by molar-refractivity contribution is 0.0773. The molecule has 0 amide bonds. The fourth-order valence-electron chi connectivity index (χ4n) is 2.46. The van der Waals surface area contributed by atoms with Gasteiger partial charge in [0.15, 0.2) is 11.5 Å². The molecular formula is C12H16N6O2. The van der Waals surface area contributed by atoms with Gasteiger partial charge in [-0.1, -0.05) is 10.4 Å². The zero-order valence-corrected chi connectivity index (χ0v) is 11.0. The zero-order valence-electron chi connectivity index (χ0n) is 11.0. The number of hydrogen-bond donors (Lipinski definition) is 1. The number of aromatic nitrogens is 5. The van der Waals surface area contributed by atoms with Crippen molar-refractivity contribution in [1.29, 1.82) is 0 Å².